The number of rotatable bonds is 9. The van der Waals surface area contributed by atoms with Gasteiger partial charge in [0.15, 0.2) is 0 Å². The Morgan fingerprint density at radius 1 is 1.21 bits per heavy atom. The highest BCUT2D eigenvalue weighted by atomic mass is 19.4. The predicted molar refractivity (Wildman–Crippen MR) is 113 cm³/mol. The van der Waals surface area contributed by atoms with Crippen LogP contribution in [-0.2, 0) is 6.54 Å². The first-order valence-electron chi connectivity index (χ1n) is 9.96. The number of halogens is 5. The lowest BCUT2D eigenvalue weighted by molar-refractivity contribution is -0.274. The number of anilines is 3. The molecule has 0 saturated carbocycles. The van der Waals surface area contributed by atoms with E-state index in [0.717, 1.165) is 16.7 Å². The third kappa shape index (κ3) is 6.01. The van der Waals surface area contributed by atoms with Gasteiger partial charge >= 0.3 is 12.4 Å². The van der Waals surface area contributed by atoms with Crippen LogP contribution in [0.3, 0.4) is 0 Å². The number of alkyl halides is 3. The van der Waals surface area contributed by atoms with Crippen LogP contribution < -0.4 is 20.9 Å². The summed E-state index contributed by atoms with van der Waals surface area (Å²) in [4.78, 5) is 14.2. The van der Waals surface area contributed by atoms with Crippen molar-refractivity contribution in [3.63, 3.8) is 0 Å². The SMILES string of the molecule is CCn1cc(-c2nnc(NCCN(C)C)o2)c(Nc2ccc(OC(F)(F)F)cc2F)c(F)c1=O. The van der Waals surface area contributed by atoms with E-state index in [2.05, 4.69) is 25.6 Å². The van der Waals surface area contributed by atoms with Crippen molar-refractivity contribution in [2.75, 3.05) is 37.8 Å². The van der Waals surface area contributed by atoms with Gasteiger partial charge in [-0.3, -0.25) is 4.79 Å². The van der Waals surface area contributed by atoms with Crippen molar-refractivity contribution in [2.24, 2.45) is 0 Å². The molecule has 0 radical (unpaired) electrons. The van der Waals surface area contributed by atoms with Gasteiger partial charge in [0.25, 0.3) is 11.4 Å². The molecule has 9 nitrogen and oxygen atoms in total. The van der Waals surface area contributed by atoms with Crippen LogP contribution >= 0.6 is 0 Å². The topological polar surface area (TPSA) is 97.5 Å². The molecule has 3 aromatic rings. The highest BCUT2D eigenvalue weighted by Gasteiger charge is 2.31. The molecule has 0 atom stereocenters. The van der Waals surface area contributed by atoms with Gasteiger partial charge in [-0.2, -0.15) is 4.39 Å². The molecule has 0 spiro atoms. The number of ether oxygens (including phenoxy) is 1. The van der Waals surface area contributed by atoms with Crippen LogP contribution in [0.2, 0.25) is 0 Å². The number of aromatic nitrogens is 3. The Bertz CT molecular complexity index is 1210. The maximum absolute atomic E-state index is 15.0. The lowest BCUT2D eigenvalue weighted by Gasteiger charge is -2.15. The zero-order valence-electron chi connectivity index (χ0n) is 18.3. The van der Waals surface area contributed by atoms with Crippen molar-refractivity contribution in [3.8, 4) is 17.2 Å². The van der Waals surface area contributed by atoms with Crippen LogP contribution in [0.25, 0.3) is 11.5 Å². The fourth-order valence-corrected chi connectivity index (χ4v) is 2.87. The third-order valence-corrected chi connectivity index (χ3v) is 4.49. The van der Waals surface area contributed by atoms with Crippen LogP contribution in [0.4, 0.5) is 39.3 Å². The standard InChI is InChI=1S/C20H21F5N6O3/c1-4-31-10-12(17-28-29-19(33-17)26-7-8-30(2)3)16(15(22)18(31)32)27-14-6-5-11(9-13(14)21)34-20(23,24)25/h5-6,9-10,27H,4,7-8H2,1-3H3,(H,26,29). The van der Waals surface area contributed by atoms with E-state index in [9.17, 15) is 22.4 Å². The van der Waals surface area contributed by atoms with Gasteiger partial charge in [-0.05, 0) is 33.2 Å². The summed E-state index contributed by atoms with van der Waals surface area (Å²) >= 11 is 0. The van der Waals surface area contributed by atoms with Crippen molar-refractivity contribution in [1.82, 2.24) is 19.7 Å². The highest BCUT2D eigenvalue weighted by molar-refractivity contribution is 5.77. The summed E-state index contributed by atoms with van der Waals surface area (Å²) in [6.07, 6.45) is -3.76. The average molecular weight is 488 g/mol. The molecule has 1 aromatic carbocycles. The first-order chi connectivity index (χ1) is 16.0. The van der Waals surface area contributed by atoms with E-state index < -0.39 is 40.7 Å². The third-order valence-electron chi connectivity index (χ3n) is 4.49. The van der Waals surface area contributed by atoms with Crippen molar-refractivity contribution in [2.45, 2.75) is 19.8 Å². The monoisotopic (exact) mass is 488 g/mol. The molecule has 34 heavy (non-hydrogen) atoms. The number of hydrogen-bond donors (Lipinski definition) is 2. The van der Waals surface area contributed by atoms with Crippen molar-refractivity contribution in [3.05, 3.63) is 46.4 Å². The second-order valence-electron chi connectivity index (χ2n) is 7.28. The summed E-state index contributed by atoms with van der Waals surface area (Å²) in [7, 11) is 3.74. The molecule has 0 aliphatic carbocycles. The van der Waals surface area contributed by atoms with Crippen LogP contribution in [0, 0.1) is 11.6 Å². The number of benzene rings is 1. The Morgan fingerprint density at radius 2 is 1.94 bits per heavy atom. The van der Waals surface area contributed by atoms with Crippen LogP contribution in [-0.4, -0.2) is 53.2 Å². The fraction of sp³-hybridized carbons (Fsp3) is 0.350. The normalized spacial score (nSPS) is 11.7. The van der Waals surface area contributed by atoms with Gasteiger partial charge in [-0.25, -0.2) is 4.39 Å². The van der Waals surface area contributed by atoms with Gasteiger partial charge in [0.1, 0.15) is 11.6 Å². The maximum atomic E-state index is 15.0. The highest BCUT2D eigenvalue weighted by Crippen LogP contribution is 2.33. The molecular formula is C20H21F5N6O3. The molecular weight excluding hydrogens is 467 g/mol. The largest absolute Gasteiger partial charge is 0.573 e. The summed E-state index contributed by atoms with van der Waals surface area (Å²) < 4.78 is 76.8. The van der Waals surface area contributed by atoms with Gasteiger partial charge in [0.2, 0.25) is 5.82 Å². The van der Waals surface area contributed by atoms with Crippen LogP contribution in [0.5, 0.6) is 5.75 Å². The first kappa shape index (κ1) is 25.0. The van der Waals surface area contributed by atoms with E-state index in [0.29, 0.717) is 19.2 Å². The molecule has 3 rings (SSSR count). The van der Waals surface area contributed by atoms with E-state index in [4.69, 9.17) is 4.42 Å². The van der Waals surface area contributed by atoms with E-state index in [1.807, 2.05) is 19.0 Å². The minimum Gasteiger partial charge on any atom is -0.406 e. The number of aryl methyl sites for hydroxylation is 1. The lowest BCUT2D eigenvalue weighted by atomic mass is 10.2. The maximum Gasteiger partial charge on any atom is 0.573 e. The molecule has 0 aliphatic heterocycles. The van der Waals surface area contributed by atoms with E-state index in [1.165, 1.54) is 6.20 Å². The Balaban J connectivity index is 1.98. The average Bonchev–Trinajstić information content (AvgIpc) is 3.20. The number of pyridine rings is 1. The summed E-state index contributed by atoms with van der Waals surface area (Å²) in [5, 5.41) is 13.0. The van der Waals surface area contributed by atoms with Gasteiger partial charge in [0.05, 0.1) is 16.9 Å². The molecule has 0 saturated heterocycles. The molecule has 0 bridgehead atoms. The number of likely N-dealkylation sites (N-methyl/N-ethyl adjacent to an activating group) is 1. The fourth-order valence-electron chi connectivity index (χ4n) is 2.87. The van der Waals surface area contributed by atoms with Gasteiger partial charge in [-0.1, -0.05) is 5.10 Å². The molecule has 0 amide bonds. The summed E-state index contributed by atoms with van der Waals surface area (Å²) in [6.45, 7) is 2.86. The summed E-state index contributed by atoms with van der Waals surface area (Å²) in [5.74, 6) is -3.42. The zero-order chi connectivity index (χ0) is 25.0. The molecule has 2 N–H and O–H groups in total. The Kier molecular flexibility index (Phi) is 7.39. The van der Waals surface area contributed by atoms with Gasteiger partial charge in [0, 0.05) is 31.9 Å². The molecule has 2 aromatic heterocycles. The number of nitrogens with zero attached hydrogens (tertiary/aromatic N) is 4. The lowest BCUT2D eigenvalue weighted by Crippen LogP contribution is -2.24. The predicted octanol–water partition coefficient (Wildman–Crippen LogP) is 3.81. The molecule has 0 fully saturated rings. The summed E-state index contributed by atoms with van der Waals surface area (Å²) in [6, 6.07) is 2.26. The molecule has 2 heterocycles. The van der Waals surface area contributed by atoms with Crippen LogP contribution in [0.1, 0.15) is 6.92 Å². The van der Waals surface area contributed by atoms with Gasteiger partial charge < -0.3 is 29.3 Å². The van der Waals surface area contributed by atoms with E-state index in [1.54, 1.807) is 6.92 Å². The number of nitrogens with one attached hydrogen (secondary N) is 2. The van der Waals surface area contributed by atoms with Crippen LogP contribution in [0.15, 0.2) is 33.6 Å². The van der Waals surface area contributed by atoms with Crippen molar-refractivity contribution in [1.29, 1.82) is 0 Å². The molecule has 184 valence electrons. The molecule has 14 heteroatoms. The zero-order valence-corrected chi connectivity index (χ0v) is 18.3. The van der Waals surface area contributed by atoms with Crippen molar-refractivity contribution < 1.29 is 31.1 Å². The van der Waals surface area contributed by atoms with Gasteiger partial charge in [-0.15, -0.1) is 18.3 Å². The summed E-state index contributed by atoms with van der Waals surface area (Å²) in [5.41, 5.74) is -1.95. The van der Waals surface area contributed by atoms with E-state index >= 15 is 4.39 Å². The first-order valence-corrected chi connectivity index (χ1v) is 9.96. The van der Waals surface area contributed by atoms with Crippen molar-refractivity contribution >= 4 is 17.4 Å². The Labute approximate surface area is 190 Å². The van der Waals surface area contributed by atoms with E-state index in [-0.39, 0.29) is 24.0 Å². The minimum atomic E-state index is -5.01. The Hall–Kier alpha value is -3.68. The quantitative estimate of drug-likeness (QED) is 0.439. The second kappa shape index (κ2) is 10.1. The second-order valence-corrected chi connectivity index (χ2v) is 7.28. The molecule has 0 aliphatic rings. The smallest absolute Gasteiger partial charge is 0.406 e. The molecule has 0 unspecified atom stereocenters. The minimum absolute atomic E-state index is 0.0392. The Morgan fingerprint density at radius 3 is 2.56 bits per heavy atom. The number of hydrogen-bond acceptors (Lipinski definition) is 8.